The van der Waals surface area contributed by atoms with Gasteiger partial charge < -0.3 is 0 Å². The van der Waals surface area contributed by atoms with Crippen LogP contribution in [-0.4, -0.2) is 0 Å². The van der Waals surface area contributed by atoms with E-state index < -0.39 is 0 Å². The van der Waals surface area contributed by atoms with Crippen molar-refractivity contribution in [1.29, 1.82) is 0 Å². The first-order valence-corrected chi connectivity index (χ1v) is 7.76. The Bertz CT molecular complexity index is 359. The summed E-state index contributed by atoms with van der Waals surface area (Å²) < 4.78 is 0. The lowest BCUT2D eigenvalue weighted by Crippen LogP contribution is -1.78. The van der Waals surface area contributed by atoms with Gasteiger partial charge in [0.15, 0.2) is 0 Å². The summed E-state index contributed by atoms with van der Waals surface area (Å²) in [7, 11) is 3.84. The lowest BCUT2D eigenvalue weighted by Gasteiger charge is -2.01. The van der Waals surface area contributed by atoms with Crippen molar-refractivity contribution in [3.8, 4) is 0 Å². The molecule has 0 bridgehead atoms. The highest BCUT2D eigenvalue weighted by atomic mass is 33.1. The number of hydrogen-bond acceptors (Lipinski definition) is 2. The maximum Gasteiger partial charge on any atom is 0.0288 e. The molecule has 88 valence electrons. The topological polar surface area (TPSA) is 0 Å². The van der Waals surface area contributed by atoms with Crippen molar-refractivity contribution in [3.63, 3.8) is 0 Å². The van der Waals surface area contributed by atoms with Crippen molar-refractivity contribution in [1.82, 2.24) is 0 Å². The largest absolute Gasteiger partial charge is 0.0890 e. The van der Waals surface area contributed by atoms with Gasteiger partial charge in [-0.3, -0.25) is 0 Å². The Morgan fingerprint density at radius 3 is 1.29 bits per heavy atom. The van der Waals surface area contributed by atoms with E-state index in [1.807, 2.05) is 21.6 Å². The third-order valence-corrected chi connectivity index (χ3v) is 4.50. The van der Waals surface area contributed by atoms with Gasteiger partial charge in [0.05, 0.1) is 0 Å². The molecule has 0 spiro atoms. The molecule has 0 amide bonds. The Balaban J connectivity index is 0.00000144. The van der Waals surface area contributed by atoms with Crippen LogP contribution < -0.4 is 0 Å². The molecule has 2 aromatic carbocycles. The van der Waals surface area contributed by atoms with Gasteiger partial charge >= 0.3 is 0 Å². The lowest BCUT2D eigenvalue weighted by atomic mass is 10.2. The van der Waals surface area contributed by atoms with Crippen LogP contribution in [0.3, 0.4) is 0 Å². The predicted molar refractivity (Wildman–Crippen MR) is 83.1 cm³/mol. The van der Waals surface area contributed by atoms with E-state index in [0.717, 1.165) is 11.5 Å². The lowest BCUT2D eigenvalue weighted by molar-refractivity contribution is 1.42. The summed E-state index contributed by atoms with van der Waals surface area (Å²) in [4.78, 5) is 0. The van der Waals surface area contributed by atoms with Crippen LogP contribution in [0.4, 0.5) is 0 Å². The van der Waals surface area contributed by atoms with E-state index in [1.54, 1.807) is 0 Å². The molecule has 0 saturated heterocycles. The number of rotatable bonds is 5. The van der Waals surface area contributed by atoms with Gasteiger partial charge in [-0.2, -0.15) is 0 Å². The van der Waals surface area contributed by atoms with Gasteiger partial charge in [0.2, 0.25) is 0 Å². The molecule has 0 fully saturated rings. The average Bonchev–Trinajstić information content (AvgIpc) is 2.37. The summed E-state index contributed by atoms with van der Waals surface area (Å²) >= 11 is 0. The van der Waals surface area contributed by atoms with Gasteiger partial charge in [0.25, 0.3) is 0 Å². The fourth-order valence-electron chi connectivity index (χ4n) is 1.37. The van der Waals surface area contributed by atoms with E-state index >= 15 is 0 Å². The monoisotopic (exact) mass is 278 g/mol. The van der Waals surface area contributed by atoms with Crippen molar-refractivity contribution in [2.45, 2.75) is 11.5 Å². The first-order valence-electron chi connectivity index (χ1n) is 5.27. The smallest absolute Gasteiger partial charge is 0.0288 e. The number of hydrogen-bond donors (Lipinski definition) is 0. The van der Waals surface area contributed by atoms with Crippen molar-refractivity contribution in [2.75, 3.05) is 0 Å². The van der Waals surface area contributed by atoms with E-state index in [9.17, 15) is 0 Å². The molecule has 0 unspecified atom stereocenters. The molecule has 0 aromatic heterocycles. The Hall–Kier alpha value is -0.510. The second-order valence-corrected chi connectivity index (χ2v) is 5.96. The zero-order valence-electron chi connectivity index (χ0n) is 9.41. The van der Waals surface area contributed by atoms with Crippen LogP contribution in [0.2, 0.25) is 0 Å². The quantitative estimate of drug-likeness (QED) is 0.529. The van der Waals surface area contributed by atoms with Crippen molar-refractivity contribution < 1.29 is 0 Å². The molecule has 0 aliphatic rings. The average molecular weight is 278 g/mol. The van der Waals surface area contributed by atoms with E-state index in [1.165, 1.54) is 11.1 Å². The Kier molecular flexibility index (Phi) is 7.33. The van der Waals surface area contributed by atoms with Gasteiger partial charge in [-0.15, -0.1) is 0 Å². The van der Waals surface area contributed by atoms with Crippen molar-refractivity contribution in [2.24, 2.45) is 0 Å². The first-order chi connectivity index (χ1) is 7.95. The van der Waals surface area contributed by atoms with Crippen LogP contribution in [0.15, 0.2) is 60.7 Å². The van der Waals surface area contributed by atoms with Crippen LogP contribution >= 0.6 is 35.1 Å². The van der Waals surface area contributed by atoms with Crippen molar-refractivity contribution in [3.05, 3.63) is 71.8 Å². The standard InChI is InChI=1S/C14H14S2.S/c1-3-7-13(8-4-1)11-15-16-12-14-9-5-2-6-10-14;/h1-10H,11-12H2;. The zero-order valence-corrected chi connectivity index (χ0v) is 11.9. The Morgan fingerprint density at radius 2 is 0.941 bits per heavy atom. The second kappa shape index (κ2) is 8.56. The van der Waals surface area contributed by atoms with Crippen LogP contribution in [0.25, 0.3) is 0 Å². The molecular weight excluding hydrogens is 264 g/mol. The summed E-state index contributed by atoms with van der Waals surface area (Å²) in [6.07, 6.45) is 0. The SMILES string of the molecule is [S].c1ccc(CSSCc2ccccc2)cc1. The highest BCUT2D eigenvalue weighted by molar-refractivity contribution is 8.76. The minimum atomic E-state index is 0. The summed E-state index contributed by atoms with van der Waals surface area (Å²) in [5.41, 5.74) is 2.79. The highest BCUT2D eigenvalue weighted by Crippen LogP contribution is 2.29. The maximum absolute atomic E-state index is 2.18. The van der Waals surface area contributed by atoms with E-state index in [0.29, 0.717) is 0 Å². The molecule has 2 aromatic rings. The molecule has 17 heavy (non-hydrogen) atoms. The molecule has 0 saturated carbocycles. The molecule has 0 atom stereocenters. The van der Waals surface area contributed by atoms with Crippen LogP contribution in [0.1, 0.15) is 11.1 Å². The normalized spacial score (nSPS) is 9.65. The van der Waals surface area contributed by atoms with E-state index in [4.69, 9.17) is 0 Å². The second-order valence-electron chi connectivity index (χ2n) is 3.50. The molecule has 2 rings (SSSR count). The molecule has 0 aliphatic carbocycles. The summed E-state index contributed by atoms with van der Waals surface area (Å²) in [5, 5.41) is 0. The van der Waals surface area contributed by atoms with E-state index in [-0.39, 0.29) is 13.5 Å². The minimum absolute atomic E-state index is 0. The van der Waals surface area contributed by atoms with Gasteiger partial charge in [-0.05, 0) is 11.1 Å². The van der Waals surface area contributed by atoms with Crippen LogP contribution in [-0.2, 0) is 11.5 Å². The fraction of sp³-hybridized carbons (Fsp3) is 0.143. The molecule has 2 radical (unpaired) electrons. The van der Waals surface area contributed by atoms with Gasteiger partial charge in [0, 0.05) is 25.0 Å². The van der Waals surface area contributed by atoms with Gasteiger partial charge in [-0.1, -0.05) is 82.3 Å². The molecule has 0 nitrogen and oxygen atoms in total. The van der Waals surface area contributed by atoms with Crippen molar-refractivity contribution >= 4 is 35.1 Å². The third kappa shape index (κ3) is 5.57. The summed E-state index contributed by atoms with van der Waals surface area (Å²) in [6.45, 7) is 0. The third-order valence-electron chi connectivity index (χ3n) is 2.22. The molecular formula is C14H14S3. The predicted octanol–water partition coefficient (Wildman–Crippen LogP) is 5.42. The minimum Gasteiger partial charge on any atom is -0.0890 e. The van der Waals surface area contributed by atoms with E-state index in [2.05, 4.69) is 60.7 Å². The zero-order chi connectivity index (χ0) is 11.1. The van der Waals surface area contributed by atoms with Crippen LogP contribution in [0.5, 0.6) is 0 Å². The Morgan fingerprint density at radius 1 is 0.588 bits per heavy atom. The van der Waals surface area contributed by atoms with Gasteiger partial charge in [-0.25, -0.2) is 0 Å². The molecule has 0 N–H and O–H groups in total. The van der Waals surface area contributed by atoms with Gasteiger partial charge in [0.1, 0.15) is 0 Å². The first kappa shape index (κ1) is 14.6. The number of benzene rings is 2. The Labute approximate surface area is 118 Å². The van der Waals surface area contributed by atoms with Crippen LogP contribution in [0, 0.1) is 0 Å². The molecule has 0 heterocycles. The fourth-order valence-corrected chi connectivity index (χ4v) is 3.51. The maximum atomic E-state index is 2.18. The molecule has 0 aliphatic heterocycles. The highest BCUT2D eigenvalue weighted by Gasteiger charge is 1.94. The summed E-state index contributed by atoms with van der Waals surface area (Å²) in [5.74, 6) is 2.16. The summed E-state index contributed by atoms with van der Waals surface area (Å²) in [6, 6.07) is 21.2. The molecule has 3 heteroatoms.